The lowest BCUT2D eigenvalue weighted by Gasteiger charge is -2.23. The standard InChI is InChI=1S/C18H24NO6P.C2H6/c1-13-14(2)24-16(12-23-26(21-3)22-11-7-10-19)17(13)25-18(20)15-8-5-4-6-9-15;1-2/h4-6,8-9,13-14,16-17H,7,11-12H2,1-3H3;1-2H3/t13-,14-,16+,17-,26?;/m0./s1. The van der Waals surface area contributed by atoms with Gasteiger partial charge in [0.05, 0.1) is 37.4 Å². The van der Waals surface area contributed by atoms with Gasteiger partial charge in [-0.15, -0.1) is 0 Å². The maximum atomic E-state index is 12.4. The van der Waals surface area contributed by atoms with Crippen LogP contribution in [0.3, 0.4) is 0 Å². The summed E-state index contributed by atoms with van der Waals surface area (Å²) in [6.07, 6.45) is -0.639. The first-order valence-electron chi connectivity index (χ1n) is 9.45. The summed E-state index contributed by atoms with van der Waals surface area (Å²) in [6.45, 7) is 8.33. The molecule has 1 unspecified atom stereocenters. The van der Waals surface area contributed by atoms with Crippen LogP contribution in [0.1, 0.15) is 44.5 Å². The van der Waals surface area contributed by atoms with Crippen molar-refractivity contribution in [3.63, 3.8) is 0 Å². The van der Waals surface area contributed by atoms with Crippen molar-refractivity contribution in [2.75, 3.05) is 20.3 Å². The Morgan fingerprint density at radius 1 is 1.21 bits per heavy atom. The van der Waals surface area contributed by atoms with Crippen molar-refractivity contribution in [3.8, 4) is 6.07 Å². The summed E-state index contributed by atoms with van der Waals surface area (Å²) in [6, 6.07) is 10.8. The van der Waals surface area contributed by atoms with Crippen LogP contribution in [0.4, 0.5) is 0 Å². The van der Waals surface area contributed by atoms with Crippen LogP contribution in [-0.4, -0.2) is 44.6 Å². The number of hydrogen-bond donors (Lipinski definition) is 0. The second kappa shape index (κ2) is 13.6. The van der Waals surface area contributed by atoms with E-state index in [2.05, 4.69) is 0 Å². The summed E-state index contributed by atoms with van der Waals surface area (Å²) in [5.41, 5.74) is 0.498. The molecule has 0 aliphatic carbocycles. The topological polar surface area (TPSA) is 87.0 Å². The van der Waals surface area contributed by atoms with Crippen LogP contribution in [0, 0.1) is 17.2 Å². The van der Waals surface area contributed by atoms with Crippen molar-refractivity contribution < 1.29 is 27.8 Å². The van der Waals surface area contributed by atoms with Gasteiger partial charge < -0.3 is 23.0 Å². The van der Waals surface area contributed by atoms with E-state index in [0.717, 1.165) is 0 Å². The highest BCUT2D eigenvalue weighted by Crippen LogP contribution is 2.40. The van der Waals surface area contributed by atoms with Crippen LogP contribution < -0.4 is 0 Å². The van der Waals surface area contributed by atoms with Gasteiger partial charge in [-0.2, -0.15) is 5.26 Å². The summed E-state index contributed by atoms with van der Waals surface area (Å²) in [5.74, 6) is -0.353. The van der Waals surface area contributed by atoms with Crippen molar-refractivity contribution >= 4 is 14.6 Å². The molecule has 7 nitrogen and oxygen atoms in total. The van der Waals surface area contributed by atoms with Crippen LogP contribution in [-0.2, 0) is 23.0 Å². The van der Waals surface area contributed by atoms with Gasteiger partial charge in [-0.25, -0.2) is 4.79 Å². The molecular formula is C20H30NO6P. The Hall–Kier alpha value is -1.55. The van der Waals surface area contributed by atoms with Gasteiger partial charge >= 0.3 is 14.6 Å². The minimum absolute atomic E-state index is 0.0320. The number of benzene rings is 1. The highest BCUT2D eigenvalue weighted by Gasteiger charge is 2.43. The van der Waals surface area contributed by atoms with Crippen molar-refractivity contribution in [1.82, 2.24) is 0 Å². The Labute approximate surface area is 168 Å². The van der Waals surface area contributed by atoms with Crippen molar-refractivity contribution in [2.24, 2.45) is 5.92 Å². The molecule has 0 bridgehead atoms. The first kappa shape index (κ1) is 24.5. The van der Waals surface area contributed by atoms with Crippen LogP contribution >= 0.6 is 8.60 Å². The van der Waals surface area contributed by atoms with Crippen molar-refractivity contribution in [2.45, 2.75) is 52.4 Å². The van der Waals surface area contributed by atoms with E-state index in [0.29, 0.717) is 5.56 Å². The summed E-state index contributed by atoms with van der Waals surface area (Å²) in [4.78, 5) is 12.4. The van der Waals surface area contributed by atoms with Gasteiger partial charge in [-0.05, 0) is 19.1 Å². The number of rotatable bonds is 9. The summed E-state index contributed by atoms with van der Waals surface area (Å²) in [7, 11) is -0.0916. The molecule has 0 saturated carbocycles. The summed E-state index contributed by atoms with van der Waals surface area (Å²) < 4.78 is 27.7. The van der Waals surface area contributed by atoms with E-state index in [4.69, 9.17) is 28.3 Å². The van der Waals surface area contributed by atoms with Gasteiger partial charge in [-0.1, -0.05) is 39.0 Å². The number of carbonyl (C=O) groups is 1. The zero-order valence-electron chi connectivity index (χ0n) is 17.2. The monoisotopic (exact) mass is 411 g/mol. The van der Waals surface area contributed by atoms with Gasteiger partial charge in [0.1, 0.15) is 12.2 Å². The molecule has 1 aliphatic heterocycles. The van der Waals surface area contributed by atoms with E-state index in [1.165, 1.54) is 7.11 Å². The molecule has 8 heteroatoms. The normalized spacial score (nSPS) is 24.6. The Morgan fingerprint density at radius 3 is 2.50 bits per heavy atom. The van der Waals surface area contributed by atoms with Crippen LogP contribution in [0.15, 0.2) is 30.3 Å². The van der Waals surface area contributed by atoms with Gasteiger partial charge in [0, 0.05) is 13.0 Å². The van der Waals surface area contributed by atoms with Gasteiger partial charge in [0.2, 0.25) is 0 Å². The Balaban J connectivity index is 0.00000190. The fourth-order valence-electron chi connectivity index (χ4n) is 2.61. The number of nitrogens with zero attached hydrogens (tertiary/aromatic N) is 1. The minimum Gasteiger partial charge on any atom is -0.456 e. The second-order valence-corrected chi connectivity index (χ2v) is 7.25. The molecule has 0 spiro atoms. The third-order valence-corrected chi connectivity index (χ3v) is 5.22. The Morgan fingerprint density at radius 2 is 1.89 bits per heavy atom. The lowest BCUT2D eigenvalue weighted by Crippen LogP contribution is -2.34. The number of carbonyl (C=O) groups excluding carboxylic acids is 1. The molecule has 28 heavy (non-hydrogen) atoms. The maximum Gasteiger partial charge on any atom is 0.338 e. The molecule has 156 valence electrons. The molecular weight excluding hydrogens is 381 g/mol. The molecule has 0 radical (unpaired) electrons. The van der Waals surface area contributed by atoms with E-state index in [-0.39, 0.29) is 37.6 Å². The molecule has 1 aromatic carbocycles. The molecule has 1 aromatic rings. The molecule has 2 rings (SSSR count). The van der Waals surface area contributed by atoms with Crippen LogP contribution in [0.5, 0.6) is 0 Å². The molecule has 0 N–H and O–H groups in total. The zero-order valence-corrected chi connectivity index (χ0v) is 18.1. The highest BCUT2D eigenvalue weighted by molar-refractivity contribution is 7.41. The summed E-state index contributed by atoms with van der Waals surface area (Å²) in [5, 5.41) is 8.55. The molecule has 5 atom stereocenters. The smallest absolute Gasteiger partial charge is 0.338 e. The van der Waals surface area contributed by atoms with E-state index >= 15 is 0 Å². The van der Waals surface area contributed by atoms with Gasteiger partial charge in [-0.3, -0.25) is 0 Å². The van der Waals surface area contributed by atoms with E-state index < -0.39 is 20.8 Å². The van der Waals surface area contributed by atoms with Crippen LogP contribution in [0.2, 0.25) is 0 Å². The molecule has 0 aromatic heterocycles. The average Bonchev–Trinajstić information content (AvgIpc) is 3.00. The van der Waals surface area contributed by atoms with Crippen molar-refractivity contribution in [3.05, 3.63) is 35.9 Å². The number of nitriles is 1. The second-order valence-electron chi connectivity index (χ2n) is 5.92. The lowest BCUT2D eigenvalue weighted by molar-refractivity contribution is -0.0301. The largest absolute Gasteiger partial charge is 0.456 e. The third-order valence-electron chi connectivity index (χ3n) is 4.17. The molecule has 1 saturated heterocycles. The quantitative estimate of drug-likeness (QED) is 0.336. The molecule has 1 heterocycles. The van der Waals surface area contributed by atoms with E-state index in [1.807, 2.05) is 39.8 Å². The predicted octanol–water partition coefficient (Wildman–Crippen LogP) is 4.48. The summed E-state index contributed by atoms with van der Waals surface area (Å²) >= 11 is 0. The number of ether oxygens (including phenoxy) is 2. The third kappa shape index (κ3) is 7.46. The first-order chi connectivity index (χ1) is 13.6. The van der Waals surface area contributed by atoms with Gasteiger partial charge in [0.15, 0.2) is 0 Å². The van der Waals surface area contributed by atoms with E-state index in [9.17, 15) is 4.79 Å². The SMILES string of the molecule is CC.COP(OCCC#N)OC[C@H]1O[C@@H](C)[C@H](C)[C@@H]1OC(=O)c1ccccc1. The fourth-order valence-corrected chi connectivity index (χ4v) is 3.40. The van der Waals surface area contributed by atoms with Crippen molar-refractivity contribution in [1.29, 1.82) is 5.26 Å². The molecule has 1 fully saturated rings. The lowest BCUT2D eigenvalue weighted by atomic mass is 9.99. The number of hydrogen-bond acceptors (Lipinski definition) is 7. The fraction of sp³-hybridized carbons (Fsp3) is 0.600. The minimum atomic E-state index is -1.57. The molecule has 0 amide bonds. The highest BCUT2D eigenvalue weighted by atomic mass is 31.2. The maximum absolute atomic E-state index is 12.4. The molecule has 1 aliphatic rings. The van der Waals surface area contributed by atoms with Gasteiger partial charge in [0.25, 0.3) is 0 Å². The number of esters is 1. The average molecular weight is 411 g/mol. The van der Waals surface area contributed by atoms with E-state index in [1.54, 1.807) is 24.3 Å². The predicted molar refractivity (Wildman–Crippen MR) is 107 cm³/mol. The Bertz CT molecular complexity index is 608. The zero-order chi connectivity index (χ0) is 20.9. The van der Waals surface area contributed by atoms with Crippen LogP contribution in [0.25, 0.3) is 0 Å². The Kier molecular flexibility index (Phi) is 11.9. The first-order valence-corrected chi connectivity index (χ1v) is 10.5.